The molecule has 0 aliphatic carbocycles. The number of amides is 1. The molecule has 6 heteroatoms. The van der Waals surface area contributed by atoms with Crippen molar-refractivity contribution in [2.45, 2.75) is 6.92 Å². The van der Waals surface area contributed by atoms with Gasteiger partial charge in [0.2, 0.25) is 5.89 Å². The van der Waals surface area contributed by atoms with Gasteiger partial charge in [0.25, 0.3) is 5.91 Å². The molecule has 0 radical (unpaired) electrons. The SMILES string of the molecule is Cc1c(NC(=O)c2sc3ccccc3c2Cl)cccc1-c1nc2ccccc2o1. The quantitative estimate of drug-likeness (QED) is 0.346. The molecule has 0 saturated carbocycles. The van der Waals surface area contributed by atoms with Gasteiger partial charge < -0.3 is 9.73 Å². The summed E-state index contributed by atoms with van der Waals surface area (Å²) in [5, 5.41) is 4.36. The number of carbonyl (C=O) groups is 1. The number of benzene rings is 3. The van der Waals surface area contributed by atoms with Gasteiger partial charge in [-0.25, -0.2) is 4.98 Å². The van der Waals surface area contributed by atoms with Crippen LogP contribution in [0.2, 0.25) is 5.02 Å². The number of hydrogen-bond acceptors (Lipinski definition) is 4. The molecule has 0 spiro atoms. The minimum Gasteiger partial charge on any atom is -0.436 e. The third-order valence-electron chi connectivity index (χ3n) is 4.85. The van der Waals surface area contributed by atoms with Crippen LogP contribution in [0, 0.1) is 6.92 Å². The largest absolute Gasteiger partial charge is 0.436 e. The molecule has 2 heterocycles. The van der Waals surface area contributed by atoms with Gasteiger partial charge in [0, 0.05) is 21.3 Å². The van der Waals surface area contributed by atoms with E-state index in [-0.39, 0.29) is 5.91 Å². The Morgan fingerprint density at radius 3 is 2.66 bits per heavy atom. The highest BCUT2D eigenvalue weighted by atomic mass is 35.5. The standard InChI is InChI=1S/C23H15ClN2O2S/c1-13-14(23-26-17-9-3-4-11-18(17)28-23)8-6-10-16(13)25-22(27)21-20(24)15-7-2-5-12-19(15)29-21/h2-12H,1H3,(H,25,27). The van der Waals surface area contributed by atoms with Gasteiger partial charge in [0.05, 0.1) is 5.02 Å². The highest BCUT2D eigenvalue weighted by Crippen LogP contribution is 2.36. The third-order valence-corrected chi connectivity index (χ3v) is 6.52. The summed E-state index contributed by atoms with van der Waals surface area (Å²) in [6.07, 6.45) is 0. The Labute approximate surface area is 175 Å². The van der Waals surface area contributed by atoms with Crippen molar-refractivity contribution in [2.75, 3.05) is 5.32 Å². The van der Waals surface area contributed by atoms with Crippen LogP contribution in [0.15, 0.2) is 71.1 Å². The summed E-state index contributed by atoms with van der Waals surface area (Å²) in [5.41, 5.74) is 3.94. The van der Waals surface area contributed by atoms with Gasteiger partial charge in [0.15, 0.2) is 5.58 Å². The van der Waals surface area contributed by atoms with E-state index < -0.39 is 0 Å². The van der Waals surface area contributed by atoms with Crippen LogP contribution in [0.25, 0.3) is 32.6 Å². The monoisotopic (exact) mass is 418 g/mol. The maximum atomic E-state index is 12.9. The molecule has 3 aromatic carbocycles. The highest BCUT2D eigenvalue weighted by molar-refractivity contribution is 7.21. The summed E-state index contributed by atoms with van der Waals surface area (Å²) in [4.78, 5) is 18.0. The fourth-order valence-electron chi connectivity index (χ4n) is 3.33. The van der Waals surface area contributed by atoms with Crippen molar-refractivity contribution in [3.8, 4) is 11.5 Å². The van der Waals surface area contributed by atoms with E-state index in [4.69, 9.17) is 16.0 Å². The maximum absolute atomic E-state index is 12.9. The van der Waals surface area contributed by atoms with Crippen molar-refractivity contribution in [1.29, 1.82) is 0 Å². The lowest BCUT2D eigenvalue weighted by Crippen LogP contribution is -2.12. The Balaban J connectivity index is 1.51. The summed E-state index contributed by atoms with van der Waals surface area (Å²) < 4.78 is 6.88. The topological polar surface area (TPSA) is 55.1 Å². The number of para-hydroxylation sites is 2. The van der Waals surface area contributed by atoms with E-state index in [0.29, 0.717) is 21.5 Å². The van der Waals surface area contributed by atoms with Crippen molar-refractivity contribution < 1.29 is 9.21 Å². The number of aromatic nitrogens is 1. The van der Waals surface area contributed by atoms with Gasteiger partial charge in [-0.1, -0.05) is 48.0 Å². The average Bonchev–Trinajstić information content (AvgIpc) is 3.31. The molecule has 0 bridgehead atoms. The normalized spacial score (nSPS) is 11.2. The van der Waals surface area contributed by atoms with Crippen LogP contribution in [0.1, 0.15) is 15.2 Å². The third kappa shape index (κ3) is 3.09. The second-order valence-electron chi connectivity index (χ2n) is 6.66. The van der Waals surface area contributed by atoms with Crippen LogP contribution in [0.3, 0.4) is 0 Å². The van der Waals surface area contributed by atoms with Crippen LogP contribution < -0.4 is 5.32 Å². The first-order valence-corrected chi connectivity index (χ1v) is 10.2. The summed E-state index contributed by atoms with van der Waals surface area (Å²) >= 11 is 7.84. The van der Waals surface area contributed by atoms with Gasteiger partial charge in [-0.05, 0) is 42.8 Å². The Kier molecular flexibility index (Phi) is 4.34. The molecule has 2 aromatic heterocycles. The van der Waals surface area contributed by atoms with Crippen molar-refractivity contribution >= 4 is 55.7 Å². The molecule has 0 fully saturated rings. The first-order chi connectivity index (χ1) is 14.1. The van der Waals surface area contributed by atoms with E-state index in [1.54, 1.807) is 0 Å². The number of rotatable bonds is 3. The van der Waals surface area contributed by atoms with Crippen molar-refractivity contribution in [3.63, 3.8) is 0 Å². The fourth-order valence-corrected chi connectivity index (χ4v) is 4.74. The van der Waals surface area contributed by atoms with Crippen LogP contribution in [-0.4, -0.2) is 10.9 Å². The predicted molar refractivity (Wildman–Crippen MR) is 119 cm³/mol. The molecule has 1 amide bonds. The lowest BCUT2D eigenvalue weighted by molar-refractivity contribution is 0.103. The lowest BCUT2D eigenvalue weighted by Gasteiger charge is -2.10. The average molecular weight is 419 g/mol. The fraction of sp³-hybridized carbons (Fsp3) is 0.0435. The summed E-state index contributed by atoms with van der Waals surface area (Å²) in [6.45, 7) is 1.94. The van der Waals surface area contributed by atoms with E-state index >= 15 is 0 Å². The van der Waals surface area contributed by atoms with Gasteiger partial charge in [0.1, 0.15) is 10.4 Å². The first-order valence-electron chi connectivity index (χ1n) is 9.06. The zero-order valence-corrected chi connectivity index (χ0v) is 17.0. The molecule has 0 saturated heterocycles. The minimum atomic E-state index is -0.228. The zero-order chi connectivity index (χ0) is 20.0. The second-order valence-corrected chi connectivity index (χ2v) is 8.09. The Hall–Kier alpha value is -3.15. The number of carbonyl (C=O) groups excluding carboxylic acids is 1. The molecule has 29 heavy (non-hydrogen) atoms. The van der Waals surface area contributed by atoms with E-state index in [1.165, 1.54) is 11.3 Å². The maximum Gasteiger partial charge on any atom is 0.267 e. The minimum absolute atomic E-state index is 0.228. The van der Waals surface area contributed by atoms with Crippen LogP contribution in [0.5, 0.6) is 0 Å². The molecular formula is C23H15ClN2O2S. The summed E-state index contributed by atoms with van der Waals surface area (Å²) in [7, 11) is 0. The summed E-state index contributed by atoms with van der Waals surface area (Å²) in [5.74, 6) is 0.300. The number of thiophene rings is 1. The van der Waals surface area contributed by atoms with E-state index in [9.17, 15) is 4.79 Å². The van der Waals surface area contributed by atoms with Gasteiger partial charge in [-0.3, -0.25) is 4.79 Å². The molecule has 0 aliphatic heterocycles. The van der Waals surface area contributed by atoms with E-state index in [2.05, 4.69) is 10.3 Å². The molecule has 1 N–H and O–H groups in total. The number of oxazole rings is 1. The Morgan fingerprint density at radius 2 is 1.83 bits per heavy atom. The number of hydrogen-bond donors (Lipinski definition) is 1. The highest BCUT2D eigenvalue weighted by Gasteiger charge is 2.19. The number of halogens is 1. The van der Waals surface area contributed by atoms with E-state index in [0.717, 1.165) is 32.3 Å². The van der Waals surface area contributed by atoms with Gasteiger partial charge >= 0.3 is 0 Å². The predicted octanol–water partition coefficient (Wildman–Crippen LogP) is 6.92. The molecule has 0 aliphatic rings. The number of nitrogens with one attached hydrogen (secondary N) is 1. The van der Waals surface area contributed by atoms with Crippen molar-refractivity contribution in [1.82, 2.24) is 4.98 Å². The van der Waals surface area contributed by atoms with Crippen LogP contribution in [-0.2, 0) is 0 Å². The first kappa shape index (κ1) is 17.9. The number of fused-ring (bicyclic) bond motifs is 2. The molecule has 5 aromatic rings. The van der Waals surface area contributed by atoms with Gasteiger partial charge in [-0.2, -0.15) is 0 Å². The van der Waals surface area contributed by atoms with E-state index in [1.807, 2.05) is 73.7 Å². The Bertz CT molecular complexity index is 1350. The van der Waals surface area contributed by atoms with Crippen LogP contribution >= 0.6 is 22.9 Å². The molecule has 142 valence electrons. The van der Waals surface area contributed by atoms with Crippen molar-refractivity contribution in [3.05, 3.63) is 82.2 Å². The number of nitrogens with zero attached hydrogens (tertiary/aromatic N) is 1. The Morgan fingerprint density at radius 1 is 1.03 bits per heavy atom. The molecule has 4 nitrogen and oxygen atoms in total. The number of anilines is 1. The van der Waals surface area contributed by atoms with Crippen molar-refractivity contribution in [2.24, 2.45) is 0 Å². The lowest BCUT2D eigenvalue weighted by atomic mass is 10.1. The van der Waals surface area contributed by atoms with Gasteiger partial charge in [-0.15, -0.1) is 11.3 Å². The smallest absolute Gasteiger partial charge is 0.267 e. The second kappa shape index (κ2) is 7.03. The summed E-state index contributed by atoms with van der Waals surface area (Å²) in [6, 6.07) is 21.0. The molecule has 0 atom stereocenters. The molecule has 0 unspecified atom stereocenters. The molecular weight excluding hydrogens is 404 g/mol. The van der Waals surface area contributed by atoms with Crippen LogP contribution in [0.4, 0.5) is 5.69 Å². The molecule has 5 rings (SSSR count). The zero-order valence-electron chi connectivity index (χ0n) is 15.4.